The highest BCUT2D eigenvalue weighted by Gasteiger charge is 2.27. The van der Waals surface area contributed by atoms with E-state index in [1.165, 1.54) is 5.57 Å². The van der Waals surface area contributed by atoms with Crippen LogP contribution >= 0.6 is 0 Å². The molecule has 2 aromatic rings. The maximum Gasteiger partial charge on any atom is 0.401 e. The van der Waals surface area contributed by atoms with Gasteiger partial charge in [0.05, 0.1) is 18.8 Å². The Balaban J connectivity index is 1.73. The van der Waals surface area contributed by atoms with Gasteiger partial charge in [-0.1, -0.05) is 25.0 Å². The molecule has 0 bridgehead atoms. The highest BCUT2D eigenvalue weighted by Crippen LogP contribution is 2.30. The fourth-order valence-corrected chi connectivity index (χ4v) is 4.45. The zero-order chi connectivity index (χ0) is 25.0. The van der Waals surface area contributed by atoms with Gasteiger partial charge in [0.15, 0.2) is 5.82 Å². The molecule has 192 valence electrons. The number of rotatable bonds is 9. The summed E-state index contributed by atoms with van der Waals surface area (Å²) in [5.41, 5.74) is 4.73. The summed E-state index contributed by atoms with van der Waals surface area (Å²) >= 11 is 0. The third-order valence-corrected chi connectivity index (χ3v) is 6.25. The number of fused-ring (bicyclic) bond motifs is 1. The number of halogens is 3. The minimum absolute atomic E-state index is 0.142. The second kappa shape index (κ2) is 10.9. The van der Waals surface area contributed by atoms with Gasteiger partial charge in [0.25, 0.3) is 0 Å². The van der Waals surface area contributed by atoms with Crippen LogP contribution in [-0.4, -0.2) is 64.7 Å². The molecule has 2 aliphatic rings. The lowest BCUT2D eigenvalue weighted by molar-refractivity contribution is -0.124. The normalized spacial score (nSPS) is 19.1. The van der Waals surface area contributed by atoms with Gasteiger partial charge in [-0.05, 0) is 39.2 Å². The molecule has 8 nitrogen and oxygen atoms in total. The van der Waals surface area contributed by atoms with Crippen LogP contribution in [0, 0.1) is 0 Å². The molecule has 0 saturated carbocycles. The summed E-state index contributed by atoms with van der Waals surface area (Å²) in [6.45, 7) is 8.19. The van der Waals surface area contributed by atoms with Crippen molar-refractivity contribution in [3.63, 3.8) is 0 Å². The van der Waals surface area contributed by atoms with E-state index in [-0.39, 0.29) is 13.1 Å². The highest BCUT2D eigenvalue weighted by molar-refractivity contribution is 5.89. The Morgan fingerprint density at radius 1 is 1.20 bits per heavy atom. The summed E-state index contributed by atoms with van der Waals surface area (Å²) in [7, 11) is 0. The molecule has 0 amide bonds. The summed E-state index contributed by atoms with van der Waals surface area (Å²) in [6, 6.07) is 0.325. The van der Waals surface area contributed by atoms with E-state index in [0.29, 0.717) is 17.8 Å². The van der Waals surface area contributed by atoms with E-state index in [0.717, 1.165) is 67.7 Å². The first-order valence-electron chi connectivity index (χ1n) is 12.4. The second-order valence-corrected chi connectivity index (χ2v) is 9.41. The van der Waals surface area contributed by atoms with Crippen LogP contribution in [-0.2, 0) is 13.0 Å². The fraction of sp³-hybridized carbons (Fsp3) is 0.625. The van der Waals surface area contributed by atoms with Crippen LogP contribution in [0.3, 0.4) is 0 Å². The van der Waals surface area contributed by atoms with Crippen molar-refractivity contribution in [3.8, 4) is 0 Å². The maximum absolute atomic E-state index is 12.6. The molecular formula is C24H35F3N8. The van der Waals surface area contributed by atoms with Gasteiger partial charge >= 0.3 is 6.18 Å². The number of allylic oxidation sites excluding steroid dienone is 4. The van der Waals surface area contributed by atoms with Crippen molar-refractivity contribution in [1.82, 2.24) is 30.4 Å². The summed E-state index contributed by atoms with van der Waals surface area (Å²) < 4.78 is 39.6. The first kappa shape index (κ1) is 25.4. The molecular weight excluding hydrogens is 457 g/mol. The minimum atomic E-state index is -4.25. The maximum atomic E-state index is 12.6. The number of alkyl halides is 3. The fourth-order valence-electron chi connectivity index (χ4n) is 4.45. The zero-order valence-electron chi connectivity index (χ0n) is 20.7. The standard InChI is InChI=1S/C24H35F3N8/c1-4-5-19-20-21(35(33-19)13-10-28-15-24(25,26)27)22(30-18-8-6-16(2)7-9-18)32-23(31-20)34-12-11-29-17(3)14-34/h6,8,17,28-29H,4-5,7,9-15H2,1-3H3,(H,30,31,32)/t17-/m1/s1. The Bertz CT molecular complexity index is 1090. The van der Waals surface area contributed by atoms with E-state index in [2.05, 4.69) is 53.8 Å². The molecule has 0 aromatic carbocycles. The second-order valence-electron chi connectivity index (χ2n) is 9.41. The van der Waals surface area contributed by atoms with Crippen LogP contribution in [0.4, 0.5) is 24.9 Å². The molecule has 2 aromatic heterocycles. The molecule has 0 spiro atoms. The molecule has 4 rings (SSSR count). The predicted molar refractivity (Wildman–Crippen MR) is 133 cm³/mol. The Kier molecular flexibility index (Phi) is 7.95. The number of hydrogen-bond donors (Lipinski definition) is 3. The Hall–Kier alpha value is -2.66. The lowest BCUT2D eigenvalue weighted by atomic mass is 10.0. The molecule has 3 N–H and O–H groups in total. The lowest BCUT2D eigenvalue weighted by Gasteiger charge is -2.32. The van der Waals surface area contributed by atoms with Crippen LogP contribution < -0.4 is 20.9 Å². The molecule has 1 fully saturated rings. The first-order valence-corrected chi connectivity index (χ1v) is 12.4. The van der Waals surface area contributed by atoms with E-state index in [1.54, 1.807) is 4.68 Å². The molecule has 3 heterocycles. The van der Waals surface area contributed by atoms with E-state index >= 15 is 0 Å². The van der Waals surface area contributed by atoms with Crippen molar-refractivity contribution in [1.29, 1.82) is 0 Å². The van der Waals surface area contributed by atoms with Crippen LogP contribution in [0.2, 0.25) is 0 Å². The molecule has 1 atom stereocenters. The Morgan fingerprint density at radius 2 is 2.03 bits per heavy atom. The zero-order valence-corrected chi connectivity index (χ0v) is 20.7. The number of hydrogen-bond acceptors (Lipinski definition) is 7. The summed E-state index contributed by atoms with van der Waals surface area (Å²) in [4.78, 5) is 12.0. The largest absolute Gasteiger partial charge is 0.401 e. The highest BCUT2D eigenvalue weighted by atomic mass is 19.4. The average Bonchev–Trinajstić information content (AvgIpc) is 3.15. The van der Waals surface area contributed by atoms with Gasteiger partial charge in [-0.15, -0.1) is 0 Å². The predicted octanol–water partition coefficient (Wildman–Crippen LogP) is 3.76. The van der Waals surface area contributed by atoms with Gasteiger partial charge in [0.2, 0.25) is 5.95 Å². The number of aryl methyl sites for hydroxylation is 1. The van der Waals surface area contributed by atoms with Crippen LogP contribution in [0.15, 0.2) is 23.4 Å². The van der Waals surface area contributed by atoms with Gasteiger partial charge in [0.1, 0.15) is 11.0 Å². The topological polar surface area (TPSA) is 82.9 Å². The SMILES string of the molecule is CCCc1nn(CCNCC(F)(F)F)c2c(NC3=CC=C(C)CC3)nc(N3CCN[C@H](C)C3)nc12. The number of piperazine rings is 1. The van der Waals surface area contributed by atoms with E-state index in [9.17, 15) is 13.2 Å². The molecule has 1 aliphatic carbocycles. The van der Waals surface area contributed by atoms with Crippen molar-refractivity contribution in [2.24, 2.45) is 0 Å². The number of aromatic nitrogens is 4. The molecule has 11 heteroatoms. The quantitative estimate of drug-likeness (QED) is 0.460. The van der Waals surface area contributed by atoms with Crippen molar-refractivity contribution < 1.29 is 13.2 Å². The number of nitrogens with one attached hydrogen (secondary N) is 3. The van der Waals surface area contributed by atoms with Crippen molar-refractivity contribution in [2.45, 2.75) is 65.2 Å². The molecule has 0 unspecified atom stereocenters. The molecule has 1 aliphatic heterocycles. The monoisotopic (exact) mass is 492 g/mol. The third kappa shape index (κ3) is 6.52. The average molecular weight is 493 g/mol. The minimum Gasteiger partial charge on any atom is -0.342 e. The van der Waals surface area contributed by atoms with Gasteiger partial charge in [0, 0.05) is 37.9 Å². The number of anilines is 2. The Labute approximate surface area is 204 Å². The smallest absolute Gasteiger partial charge is 0.342 e. The summed E-state index contributed by atoms with van der Waals surface area (Å²) in [5, 5.41) is 14.2. The first-order chi connectivity index (χ1) is 16.7. The lowest BCUT2D eigenvalue weighted by Crippen LogP contribution is -2.49. The molecule has 35 heavy (non-hydrogen) atoms. The van der Waals surface area contributed by atoms with Gasteiger partial charge in [-0.25, -0.2) is 4.98 Å². The van der Waals surface area contributed by atoms with Crippen molar-refractivity contribution >= 4 is 22.8 Å². The molecule has 1 saturated heterocycles. The summed E-state index contributed by atoms with van der Waals surface area (Å²) in [5.74, 6) is 1.31. The van der Waals surface area contributed by atoms with Gasteiger partial charge < -0.3 is 20.9 Å². The van der Waals surface area contributed by atoms with E-state index in [4.69, 9.17) is 15.1 Å². The van der Waals surface area contributed by atoms with Crippen LogP contribution in [0.25, 0.3) is 11.0 Å². The van der Waals surface area contributed by atoms with Crippen molar-refractivity contribution in [2.75, 3.05) is 42.9 Å². The third-order valence-electron chi connectivity index (χ3n) is 6.25. The van der Waals surface area contributed by atoms with Crippen molar-refractivity contribution in [3.05, 3.63) is 29.1 Å². The van der Waals surface area contributed by atoms with Crippen LogP contribution in [0.1, 0.15) is 45.7 Å². The summed E-state index contributed by atoms with van der Waals surface area (Å²) in [6.07, 6.45) is 3.39. The van der Waals surface area contributed by atoms with E-state index < -0.39 is 12.7 Å². The van der Waals surface area contributed by atoms with Crippen LogP contribution in [0.5, 0.6) is 0 Å². The van der Waals surface area contributed by atoms with Gasteiger partial charge in [-0.2, -0.15) is 23.3 Å². The molecule has 0 radical (unpaired) electrons. The van der Waals surface area contributed by atoms with Gasteiger partial charge in [-0.3, -0.25) is 4.68 Å². The Morgan fingerprint density at radius 3 is 2.71 bits per heavy atom. The number of nitrogens with zero attached hydrogens (tertiary/aromatic N) is 5. The van der Waals surface area contributed by atoms with E-state index in [1.807, 2.05) is 0 Å².